The standard InChI is InChI=1S/C14H13BrN2O2S/c1-9(18)12-6-10(15)2-3-13(12)19-8-11-7-17-4-5-20-14(17)16-11/h2-7,9,18H,8H2,1H3/t9-/m1/s1. The third-order valence-corrected chi connectivity index (χ3v) is 4.20. The first-order valence-corrected chi connectivity index (χ1v) is 7.82. The lowest BCUT2D eigenvalue weighted by Gasteiger charge is -2.13. The first-order chi connectivity index (χ1) is 9.63. The Balaban J connectivity index is 1.79. The topological polar surface area (TPSA) is 46.8 Å². The fourth-order valence-corrected chi connectivity index (χ4v) is 3.07. The Kier molecular flexibility index (Phi) is 3.78. The van der Waals surface area contributed by atoms with Crippen LogP contribution in [-0.2, 0) is 6.61 Å². The first kappa shape index (κ1) is 13.6. The van der Waals surface area contributed by atoms with Crippen LogP contribution in [0.4, 0.5) is 0 Å². The molecule has 0 aliphatic carbocycles. The van der Waals surface area contributed by atoms with E-state index >= 15 is 0 Å². The highest BCUT2D eigenvalue weighted by Gasteiger charge is 2.11. The van der Waals surface area contributed by atoms with Crippen LogP contribution in [0.1, 0.15) is 24.3 Å². The van der Waals surface area contributed by atoms with Crippen molar-refractivity contribution in [3.63, 3.8) is 0 Å². The average molecular weight is 353 g/mol. The van der Waals surface area contributed by atoms with E-state index in [0.29, 0.717) is 12.4 Å². The highest BCUT2D eigenvalue weighted by molar-refractivity contribution is 9.10. The van der Waals surface area contributed by atoms with Crippen molar-refractivity contribution in [1.29, 1.82) is 0 Å². The smallest absolute Gasteiger partial charge is 0.193 e. The number of hydrogen-bond acceptors (Lipinski definition) is 4. The maximum atomic E-state index is 9.79. The average Bonchev–Trinajstić information content (AvgIpc) is 2.97. The lowest BCUT2D eigenvalue weighted by Crippen LogP contribution is -2.01. The lowest BCUT2D eigenvalue weighted by molar-refractivity contribution is 0.190. The zero-order chi connectivity index (χ0) is 14.1. The van der Waals surface area contributed by atoms with Crippen molar-refractivity contribution in [2.45, 2.75) is 19.6 Å². The summed E-state index contributed by atoms with van der Waals surface area (Å²) in [5.41, 5.74) is 1.64. The Morgan fingerprint density at radius 2 is 2.35 bits per heavy atom. The minimum Gasteiger partial charge on any atom is -0.487 e. The molecule has 3 aromatic rings. The Morgan fingerprint density at radius 1 is 1.50 bits per heavy atom. The molecule has 6 heteroatoms. The van der Waals surface area contributed by atoms with Crippen molar-refractivity contribution in [3.05, 3.63) is 51.7 Å². The van der Waals surface area contributed by atoms with Gasteiger partial charge in [0.25, 0.3) is 0 Å². The summed E-state index contributed by atoms with van der Waals surface area (Å²) in [6.07, 6.45) is 3.34. The number of halogens is 1. The van der Waals surface area contributed by atoms with E-state index in [1.807, 2.05) is 40.4 Å². The van der Waals surface area contributed by atoms with Gasteiger partial charge in [-0.3, -0.25) is 4.40 Å². The van der Waals surface area contributed by atoms with Crippen LogP contribution in [-0.4, -0.2) is 14.5 Å². The molecule has 0 bridgehead atoms. The van der Waals surface area contributed by atoms with Crippen LogP contribution in [0.2, 0.25) is 0 Å². The van der Waals surface area contributed by atoms with Gasteiger partial charge in [-0.1, -0.05) is 15.9 Å². The summed E-state index contributed by atoms with van der Waals surface area (Å²) < 4.78 is 8.68. The van der Waals surface area contributed by atoms with Gasteiger partial charge in [-0.2, -0.15) is 0 Å². The highest BCUT2D eigenvalue weighted by atomic mass is 79.9. The summed E-state index contributed by atoms with van der Waals surface area (Å²) in [5.74, 6) is 0.680. The molecule has 2 heterocycles. The van der Waals surface area contributed by atoms with Gasteiger partial charge in [-0.15, -0.1) is 11.3 Å². The molecule has 1 aromatic carbocycles. The van der Waals surface area contributed by atoms with Gasteiger partial charge in [-0.05, 0) is 25.1 Å². The molecule has 4 nitrogen and oxygen atoms in total. The fraction of sp³-hybridized carbons (Fsp3) is 0.214. The van der Waals surface area contributed by atoms with Crippen LogP contribution in [0.25, 0.3) is 4.96 Å². The number of benzene rings is 1. The molecule has 104 valence electrons. The number of aliphatic hydroxyl groups excluding tert-OH is 1. The first-order valence-electron chi connectivity index (χ1n) is 6.15. The van der Waals surface area contributed by atoms with Crippen LogP contribution in [0.15, 0.2) is 40.4 Å². The summed E-state index contributed by atoms with van der Waals surface area (Å²) >= 11 is 4.99. The zero-order valence-electron chi connectivity index (χ0n) is 10.8. The minimum atomic E-state index is -0.576. The van der Waals surface area contributed by atoms with Crippen molar-refractivity contribution in [1.82, 2.24) is 9.38 Å². The molecule has 0 saturated carbocycles. The number of imidazole rings is 1. The van der Waals surface area contributed by atoms with E-state index in [1.54, 1.807) is 18.3 Å². The van der Waals surface area contributed by atoms with Gasteiger partial charge in [0.15, 0.2) is 4.96 Å². The molecule has 0 fully saturated rings. The minimum absolute atomic E-state index is 0.385. The SMILES string of the molecule is C[C@@H](O)c1cc(Br)ccc1OCc1cn2ccsc2n1. The summed E-state index contributed by atoms with van der Waals surface area (Å²) in [5, 5.41) is 11.8. The molecule has 0 amide bonds. The molecule has 3 rings (SSSR count). The quantitative estimate of drug-likeness (QED) is 0.776. The van der Waals surface area contributed by atoms with Gasteiger partial charge in [0.1, 0.15) is 12.4 Å². The second kappa shape index (κ2) is 5.55. The predicted octanol–water partition coefficient (Wildman–Crippen LogP) is 3.79. The molecular weight excluding hydrogens is 340 g/mol. The zero-order valence-corrected chi connectivity index (χ0v) is 13.2. The van der Waals surface area contributed by atoms with E-state index in [2.05, 4.69) is 20.9 Å². The normalized spacial score (nSPS) is 12.8. The number of nitrogens with zero attached hydrogens (tertiary/aromatic N) is 2. The molecular formula is C14H13BrN2O2S. The van der Waals surface area contributed by atoms with E-state index in [9.17, 15) is 5.11 Å². The molecule has 20 heavy (non-hydrogen) atoms. The van der Waals surface area contributed by atoms with Crippen molar-refractivity contribution >= 4 is 32.2 Å². The Morgan fingerprint density at radius 3 is 3.10 bits per heavy atom. The van der Waals surface area contributed by atoms with Gasteiger partial charge in [-0.25, -0.2) is 4.98 Å². The molecule has 0 aliphatic heterocycles. The highest BCUT2D eigenvalue weighted by Crippen LogP contribution is 2.29. The maximum absolute atomic E-state index is 9.79. The van der Waals surface area contributed by atoms with Gasteiger partial charge in [0.05, 0.1) is 11.8 Å². The molecule has 1 N–H and O–H groups in total. The molecule has 2 aromatic heterocycles. The number of aliphatic hydroxyl groups is 1. The number of aromatic nitrogens is 2. The van der Waals surface area contributed by atoms with Crippen LogP contribution >= 0.6 is 27.3 Å². The molecule has 0 saturated heterocycles. The van der Waals surface area contributed by atoms with E-state index in [1.165, 1.54) is 0 Å². The van der Waals surface area contributed by atoms with Crippen LogP contribution in [0.5, 0.6) is 5.75 Å². The Hall–Kier alpha value is -1.37. The number of fused-ring (bicyclic) bond motifs is 1. The third kappa shape index (κ3) is 2.72. The van der Waals surface area contributed by atoms with E-state index in [0.717, 1.165) is 20.7 Å². The van der Waals surface area contributed by atoms with E-state index in [-0.39, 0.29) is 0 Å². The summed E-state index contributed by atoms with van der Waals surface area (Å²) in [6, 6.07) is 5.61. The lowest BCUT2D eigenvalue weighted by atomic mass is 10.1. The van der Waals surface area contributed by atoms with Crippen molar-refractivity contribution < 1.29 is 9.84 Å². The van der Waals surface area contributed by atoms with Crippen LogP contribution in [0.3, 0.4) is 0 Å². The third-order valence-electron chi connectivity index (χ3n) is 2.94. The molecule has 0 spiro atoms. The van der Waals surface area contributed by atoms with Gasteiger partial charge >= 0.3 is 0 Å². The number of thiazole rings is 1. The van der Waals surface area contributed by atoms with E-state index < -0.39 is 6.10 Å². The fourth-order valence-electron chi connectivity index (χ4n) is 1.97. The monoisotopic (exact) mass is 352 g/mol. The van der Waals surface area contributed by atoms with E-state index in [4.69, 9.17) is 4.74 Å². The largest absolute Gasteiger partial charge is 0.487 e. The van der Waals surface area contributed by atoms with Crippen molar-refractivity contribution in [2.75, 3.05) is 0 Å². The van der Waals surface area contributed by atoms with Crippen molar-refractivity contribution in [2.24, 2.45) is 0 Å². The summed E-state index contributed by atoms with van der Waals surface area (Å²) in [7, 11) is 0. The molecule has 1 atom stereocenters. The maximum Gasteiger partial charge on any atom is 0.193 e. The Bertz CT molecular complexity index is 707. The summed E-state index contributed by atoms with van der Waals surface area (Å²) in [6.45, 7) is 2.11. The van der Waals surface area contributed by atoms with Crippen LogP contribution < -0.4 is 4.74 Å². The number of rotatable bonds is 4. The molecule has 0 aliphatic rings. The second-order valence-electron chi connectivity index (χ2n) is 4.47. The number of hydrogen-bond donors (Lipinski definition) is 1. The van der Waals surface area contributed by atoms with Crippen molar-refractivity contribution in [3.8, 4) is 5.75 Å². The van der Waals surface area contributed by atoms with Gasteiger partial charge < -0.3 is 9.84 Å². The second-order valence-corrected chi connectivity index (χ2v) is 6.26. The summed E-state index contributed by atoms with van der Waals surface area (Å²) in [4.78, 5) is 5.42. The van der Waals surface area contributed by atoms with Gasteiger partial charge in [0, 0.05) is 27.8 Å². The van der Waals surface area contributed by atoms with Gasteiger partial charge in [0.2, 0.25) is 0 Å². The predicted molar refractivity (Wildman–Crippen MR) is 82.2 cm³/mol. The Labute approximate surface area is 128 Å². The van der Waals surface area contributed by atoms with Crippen LogP contribution in [0, 0.1) is 0 Å². The number of ether oxygens (including phenoxy) is 1. The molecule has 0 unspecified atom stereocenters. The molecule has 0 radical (unpaired) electrons.